The van der Waals surface area contributed by atoms with Crippen LogP contribution in [0.4, 0.5) is 0 Å². The summed E-state index contributed by atoms with van der Waals surface area (Å²) < 4.78 is 11.6. The number of aliphatic hydroxyl groups is 1. The van der Waals surface area contributed by atoms with E-state index in [1.165, 1.54) is 12.8 Å². The zero-order chi connectivity index (χ0) is 17.4. The largest absolute Gasteiger partial charge is 0.493 e. The summed E-state index contributed by atoms with van der Waals surface area (Å²) in [6.45, 7) is 2.19. The Morgan fingerprint density at radius 2 is 2.00 bits per heavy atom. The lowest BCUT2D eigenvalue weighted by molar-refractivity contribution is 0.200. The van der Waals surface area contributed by atoms with E-state index in [0.717, 1.165) is 42.7 Å². The van der Waals surface area contributed by atoms with Crippen LogP contribution in [-0.4, -0.2) is 24.9 Å². The molecule has 1 unspecified atom stereocenters. The molecule has 132 valence electrons. The van der Waals surface area contributed by atoms with Crippen molar-refractivity contribution in [3.05, 3.63) is 23.8 Å². The van der Waals surface area contributed by atoms with Crippen molar-refractivity contribution in [3.63, 3.8) is 0 Å². The average Bonchev–Trinajstić information content (AvgIpc) is 3.12. The van der Waals surface area contributed by atoms with Crippen molar-refractivity contribution >= 4 is 0 Å². The monoisotopic (exact) mass is 331 g/mol. The molecule has 1 N–H and O–H groups in total. The van der Waals surface area contributed by atoms with Gasteiger partial charge in [-0.25, -0.2) is 0 Å². The van der Waals surface area contributed by atoms with Gasteiger partial charge in [-0.2, -0.15) is 5.26 Å². The first-order chi connectivity index (χ1) is 11.7. The summed E-state index contributed by atoms with van der Waals surface area (Å²) in [4.78, 5) is 0. The van der Waals surface area contributed by atoms with Gasteiger partial charge in [0.15, 0.2) is 11.5 Å². The smallest absolute Gasteiger partial charge is 0.161 e. The molecule has 0 saturated heterocycles. The van der Waals surface area contributed by atoms with Gasteiger partial charge in [-0.05, 0) is 62.6 Å². The van der Waals surface area contributed by atoms with Gasteiger partial charge >= 0.3 is 0 Å². The van der Waals surface area contributed by atoms with E-state index in [1.54, 1.807) is 7.11 Å². The summed E-state index contributed by atoms with van der Waals surface area (Å²) in [5, 5.41) is 19.1. The number of nitrogens with zero attached hydrogens (tertiary/aromatic N) is 1. The molecule has 0 aromatic heterocycles. The fourth-order valence-electron chi connectivity index (χ4n) is 3.65. The third kappa shape index (κ3) is 4.21. The van der Waals surface area contributed by atoms with E-state index in [9.17, 15) is 10.4 Å². The van der Waals surface area contributed by atoms with Crippen molar-refractivity contribution < 1.29 is 14.6 Å². The standard InChI is InChI=1S/C20H29NO3/c1-3-11-20(15-21,12-6-13-22)16-9-10-18(23-2)19(14-16)24-17-7-4-5-8-17/h9-10,14,17,22H,3-8,11-13H2,1-2H3. The molecular formula is C20H29NO3. The Labute approximate surface area is 145 Å². The highest BCUT2D eigenvalue weighted by Crippen LogP contribution is 2.39. The van der Waals surface area contributed by atoms with Crippen LogP contribution < -0.4 is 9.47 Å². The first kappa shape index (κ1) is 18.6. The molecule has 2 rings (SSSR count). The Kier molecular flexibility index (Phi) is 6.93. The molecule has 4 nitrogen and oxygen atoms in total. The molecule has 0 bridgehead atoms. The predicted molar refractivity (Wildman–Crippen MR) is 94.4 cm³/mol. The number of nitriles is 1. The van der Waals surface area contributed by atoms with Gasteiger partial charge in [-0.3, -0.25) is 0 Å². The molecule has 1 aromatic carbocycles. The van der Waals surface area contributed by atoms with Crippen LogP contribution in [0.5, 0.6) is 11.5 Å². The predicted octanol–water partition coefficient (Wildman–Crippen LogP) is 4.35. The second-order valence-corrected chi connectivity index (χ2v) is 6.66. The van der Waals surface area contributed by atoms with Gasteiger partial charge in [-0.1, -0.05) is 19.4 Å². The van der Waals surface area contributed by atoms with E-state index in [1.807, 2.05) is 18.2 Å². The lowest BCUT2D eigenvalue weighted by atomic mass is 9.74. The van der Waals surface area contributed by atoms with Crippen LogP contribution in [0, 0.1) is 11.3 Å². The molecule has 0 aliphatic heterocycles. The number of hydrogen-bond donors (Lipinski definition) is 1. The third-order valence-electron chi connectivity index (χ3n) is 4.96. The van der Waals surface area contributed by atoms with Crippen molar-refractivity contribution in [2.24, 2.45) is 0 Å². The minimum Gasteiger partial charge on any atom is -0.493 e. The summed E-state index contributed by atoms with van der Waals surface area (Å²) in [7, 11) is 1.64. The molecule has 1 aromatic rings. The second-order valence-electron chi connectivity index (χ2n) is 6.66. The molecule has 0 spiro atoms. The molecule has 24 heavy (non-hydrogen) atoms. The zero-order valence-corrected chi connectivity index (χ0v) is 14.9. The van der Waals surface area contributed by atoms with Crippen molar-refractivity contribution in [1.82, 2.24) is 0 Å². The van der Waals surface area contributed by atoms with E-state index < -0.39 is 5.41 Å². The molecular weight excluding hydrogens is 302 g/mol. The SMILES string of the molecule is CCCC(C#N)(CCCO)c1ccc(OC)c(OC2CCCC2)c1. The van der Waals surface area contributed by atoms with Crippen LogP contribution in [0.1, 0.15) is 63.9 Å². The fourth-order valence-corrected chi connectivity index (χ4v) is 3.65. The lowest BCUT2D eigenvalue weighted by Gasteiger charge is -2.28. The number of rotatable bonds is 9. The van der Waals surface area contributed by atoms with E-state index in [0.29, 0.717) is 12.8 Å². The highest BCUT2D eigenvalue weighted by Gasteiger charge is 2.32. The van der Waals surface area contributed by atoms with Crippen molar-refractivity contribution in [3.8, 4) is 17.6 Å². The highest BCUT2D eigenvalue weighted by molar-refractivity contribution is 5.47. The van der Waals surface area contributed by atoms with Crippen LogP contribution in [0.15, 0.2) is 18.2 Å². The van der Waals surface area contributed by atoms with E-state index in [4.69, 9.17) is 9.47 Å². The molecule has 1 aliphatic carbocycles. The molecule has 4 heteroatoms. The van der Waals surface area contributed by atoms with E-state index in [2.05, 4.69) is 13.0 Å². The first-order valence-electron chi connectivity index (χ1n) is 9.06. The van der Waals surface area contributed by atoms with Gasteiger partial charge in [0.1, 0.15) is 0 Å². The van der Waals surface area contributed by atoms with Crippen LogP contribution in [-0.2, 0) is 5.41 Å². The second kappa shape index (κ2) is 8.94. The average molecular weight is 331 g/mol. The Balaban J connectivity index is 2.34. The van der Waals surface area contributed by atoms with Crippen molar-refractivity contribution in [2.45, 2.75) is 69.8 Å². The Morgan fingerprint density at radius 1 is 1.25 bits per heavy atom. The minimum absolute atomic E-state index is 0.106. The lowest BCUT2D eigenvalue weighted by Crippen LogP contribution is -2.25. The Morgan fingerprint density at radius 3 is 2.58 bits per heavy atom. The van der Waals surface area contributed by atoms with Crippen LogP contribution >= 0.6 is 0 Å². The summed E-state index contributed by atoms with van der Waals surface area (Å²) >= 11 is 0. The van der Waals surface area contributed by atoms with Crippen molar-refractivity contribution in [2.75, 3.05) is 13.7 Å². The van der Waals surface area contributed by atoms with Gasteiger partial charge < -0.3 is 14.6 Å². The van der Waals surface area contributed by atoms with E-state index >= 15 is 0 Å². The summed E-state index contributed by atoms with van der Waals surface area (Å²) in [5.41, 5.74) is 0.395. The number of benzene rings is 1. The quantitative estimate of drug-likeness (QED) is 0.730. The first-order valence-corrected chi connectivity index (χ1v) is 9.06. The van der Waals surface area contributed by atoms with Gasteiger partial charge in [0.25, 0.3) is 0 Å². The van der Waals surface area contributed by atoms with Gasteiger partial charge in [0, 0.05) is 6.61 Å². The molecule has 0 heterocycles. The van der Waals surface area contributed by atoms with Crippen LogP contribution in [0.2, 0.25) is 0 Å². The molecule has 1 aliphatic rings. The maximum absolute atomic E-state index is 9.89. The number of methoxy groups -OCH3 is 1. The number of ether oxygens (including phenoxy) is 2. The molecule has 0 radical (unpaired) electrons. The zero-order valence-electron chi connectivity index (χ0n) is 14.9. The van der Waals surface area contributed by atoms with Gasteiger partial charge in [-0.15, -0.1) is 0 Å². The highest BCUT2D eigenvalue weighted by atomic mass is 16.5. The van der Waals surface area contributed by atoms with Crippen LogP contribution in [0.3, 0.4) is 0 Å². The van der Waals surface area contributed by atoms with Crippen molar-refractivity contribution in [1.29, 1.82) is 5.26 Å². The molecule has 0 amide bonds. The summed E-state index contributed by atoms with van der Waals surface area (Å²) in [6.07, 6.45) is 7.80. The van der Waals surface area contributed by atoms with Gasteiger partial charge in [0.2, 0.25) is 0 Å². The fraction of sp³-hybridized carbons (Fsp3) is 0.650. The third-order valence-corrected chi connectivity index (χ3v) is 4.96. The Bertz CT molecular complexity index is 560. The van der Waals surface area contributed by atoms with E-state index in [-0.39, 0.29) is 12.7 Å². The topological polar surface area (TPSA) is 62.5 Å². The normalized spacial score (nSPS) is 17.2. The molecule has 1 fully saturated rings. The minimum atomic E-state index is -0.572. The summed E-state index contributed by atoms with van der Waals surface area (Å²) in [5.74, 6) is 1.46. The number of hydrogen-bond acceptors (Lipinski definition) is 4. The van der Waals surface area contributed by atoms with Gasteiger partial charge in [0.05, 0.1) is 24.7 Å². The van der Waals surface area contributed by atoms with Crippen LogP contribution in [0.25, 0.3) is 0 Å². The molecule has 1 saturated carbocycles. The maximum Gasteiger partial charge on any atom is 0.161 e. The molecule has 1 atom stereocenters. The Hall–Kier alpha value is -1.73. The number of aliphatic hydroxyl groups excluding tert-OH is 1. The summed E-state index contributed by atoms with van der Waals surface area (Å²) in [6, 6.07) is 8.37. The maximum atomic E-state index is 9.89.